The third kappa shape index (κ3) is 6.18. The first kappa shape index (κ1) is 9.36. The fraction of sp³-hybridized carbons (Fsp3) is 0.462. The maximum absolute atomic E-state index is 10.8. The molecule has 0 amide bonds. The minimum Gasteiger partial charge on any atom is -0.480 e. The lowest BCUT2D eigenvalue weighted by Gasteiger charge is -2.23. The molecule has 0 saturated heterocycles. The fourth-order valence-electron chi connectivity index (χ4n) is 1.36. The molecule has 0 fully saturated rings. The third-order valence-corrected chi connectivity index (χ3v) is 2.44. The van der Waals surface area contributed by atoms with E-state index in [0.717, 1.165) is 0 Å². The highest BCUT2D eigenvalue weighted by Crippen LogP contribution is 2.16. The van der Waals surface area contributed by atoms with Crippen LogP contribution in [0.15, 0.2) is 24.3 Å². The third-order valence-electron chi connectivity index (χ3n) is 2.28. The summed E-state index contributed by atoms with van der Waals surface area (Å²) in [7, 11) is 0. The molecule has 3 N–H and O–H groups in total. The maximum Gasteiger partial charge on any atom is 0.320 e. The van der Waals surface area contributed by atoms with Crippen LogP contribution in [0.5, 0.6) is 0 Å². The number of hydrogen-bond acceptors (Lipinski definition) is 3. The van der Waals surface area contributed by atoms with Crippen LogP contribution in [-0.4, -0.2) is 41.8 Å². The highest BCUT2D eigenvalue weighted by atomic mass is 35.5. The number of anilines is 1. The zero-order valence-electron chi connectivity index (χ0n) is 18.1. The largest absolute Gasteiger partial charge is 0.480 e. The number of rotatable bonds is 8. The Morgan fingerprint density at radius 1 is 1.30 bits per heavy atom. The van der Waals surface area contributed by atoms with Gasteiger partial charge in [-0.2, -0.15) is 0 Å². The molecule has 1 aromatic rings. The van der Waals surface area contributed by atoms with Gasteiger partial charge in [0.25, 0.3) is 0 Å². The van der Waals surface area contributed by atoms with Gasteiger partial charge in [0, 0.05) is 35.8 Å². The summed E-state index contributed by atoms with van der Waals surface area (Å²) in [6.07, 6.45) is -0.0535. The van der Waals surface area contributed by atoms with E-state index in [0.29, 0.717) is 5.56 Å². The van der Waals surface area contributed by atoms with E-state index in [2.05, 4.69) is 0 Å². The number of halogens is 3. The molecule has 0 unspecified atom stereocenters. The van der Waals surface area contributed by atoms with E-state index in [1.165, 1.54) is 24.3 Å². The lowest BCUT2D eigenvalue weighted by atomic mass is 10.1. The van der Waals surface area contributed by atoms with E-state index in [1.54, 1.807) is 0 Å². The SMILES string of the molecule is Cl.[2H]C([2H])(Cl)C([2H])([2H])N(c1ccc(C[C@H](N)C(=O)O)cc1)C([2H])([2H])C([2H])([2H])Cl. The van der Waals surface area contributed by atoms with Crippen LogP contribution in [0.3, 0.4) is 0 Å². The second-order valence-electron chi connectivity index (χ2n) is 3.56. The first-order valence-corrected chi connectivity index (χ1v) is 5.94. The average molecular weight is 350 g/mol. The summed E-state index contributed by atoms with van der Waals surface area (Å²) in [5, 5.41) is 8.83. The van der Waals surface area contributed by atoms with Crippen molar-refractivity contribution in [3.8, 4) is 0 Å². The van der Waals surface area contributed by atoms with Crippen LogP contribution >= 0.6 is 35.6 Å². The number of carboxylic acids is 1. The van der Waals surface area contributed by atoms with Crippen LogP contribution in [0.1, 0.15) is 16.5 Å². The van der Waals surface area contributed by atoms with Gasteiger partial charge in [-0.15, -0.1) is 35.6 Å². The van der Waals surface area contributed by atoms with E-state index < -0.39 is 36.7 Å². The van der Waals surface area contributed by atoms with Crippen molar-refractivity contribution in [1.82, 2.24) is 0 Å². The monoisotopic (exact) mass is 348 g/mol. The van der Waals surface area contributed by atoms with Gasteiger partial charge in [0.2, 0.25) is 0 Å². The minimum absolute atomic E-state index is 0. The molecule has 4 nitrogen and oxygen atoms in total. The molecule has 7 heteroatoms. The summed E-state index contributed by atoms with van der Waals surface area (Å²) < 4.78 is 61.7. The molecular formula is C13H19Cl3N2O2. The number of aliphatic carboxylic acids is 1. The topological polar surface area (TPSA) is 66.6 Å². The van der Waals surface area contributed by atoms with E-state index in [1.807, 2.05) is 0 Å². The van der Waals surface area contributed by atoms with Gasteiger partial charge in [-0.3, -0.25) is 4.79 Å². The predicted octanol–water partition coefficient (Wildman–Crippen LogP) is 2.35. The van der Waals surface area contributed by atoms with Gasteiger partial charge in [0.05, 0.1) is 5.48 Å². The van der Waals surface area contributed by atoms with Crippen molar-refractivity contribution in [3.05, 3.63) is 29.8 Å². The Kier molecular flexibility index (Phi) is 4.73. The van der Waals surface area contributed by atoms with Gasteiger partial charge in [0.1, 0.15) is 6.04 Å². The second-order valence-corrected chi connectivity index (χ2v) is 3.94. The van der Waals surface area contributed by atoms with Crippen LogP contribution in [0, 0.1) is 0 Å². The molecule has 0 radical (unpaired) electrons. The van der Waals surface area contributed by atoms with Crippen LogP contribution < -0.4 is 10.6 Å². The minimum atomic E-state index is -3.21. The number of carbonyl (C=O) groups is 1. The first-order chi connectivity index (χ1) is 11.9. The molecule has 0 bridgehead atoms. The number of benzene rings is 1. The fourth-order valence-corrected chi connectivity index (χ4v) is 1.53. The molecule has 114 valence electrons. The zero-order valence-corrected chi connectivity index (χ0v) is 12.5. The van der Waals surface area contributed by atoms with Crippen LogP contribution in [0.25, 0.3) is 0 Å². The Labute approximate surface area is 146 Å². The Morgan fingerprint density at radius 2 is 1.80 bits per heavy atom. The first-order valence-electron chi connectivity index (χ1n) is 9.18. The van der Waals surface area contributed by atoms with Gasteiger partial charge in [-0.25, -0.2) is 0 Å². The molecule has 0 heterocycles. The van der Waals surface area contributed by atoms with E-state index >= 15 is 0 Å². The molecule has 1 aromatic carbocycles. The molecule has 0 aliphatic rings. The number of hydrogen-bond donors (Lipinski definition) is 2. The summed E-state index contributed by atoms with van der Waals surface area (Å²) in [5.41, 5.74) is 5.62. The molecule has 0 aliphatic heterocycles. The van der Waals surface area contributed by atoms with Crippen LogP contribution in [-0.2, 0) is 11.2 Å². The van der Waals surface area contributed by atoms with Crippen LogP contribution in [0.4, 0.5) is 5.69 Å². The highest BCUT2D eigenvalue weighted by Gasteiger charge is 2.12. The lowest BCUT2D eigenvalue weighted by molar-refractivity contribution is -0.138. The van der Waals surface area contributed by atoms with Crippen molar-refractivity contribution in [1.29, 1.82) is 0 Å². The van der Waals surface area contributed by atoms with E-state index in [4.69, 9.17) is 45.0 Å². The summed E-state index contributed by atoms with van der Waals surface area (Å²) in [6, 6.07) is 3.84. The highest BCUT2D eigenvalue weighted by molar-refractivity contribution is 6.18. The van der Waals surface area contributed by atoms with Crippen molar-refractivity contribution < 1.29 is 20.9 Å². The molecule has 1 atom stereocenters. The van der Waals surface area contributed by atoms with Crippen molar-refractivity contribution in [2.75, 3.05) is 29.6 Å². The molecule has 1 rings (SSSR count). The lowest BCUT2D eigenvalue weighted by Crippen LogP contribution is -2.32. The van der Waals surface area contributed by atoms with Gasteiger partial charge in [-0.1, -0.05) is 12.1 Å². The van der Waals surface area contributed by atoms with Crippen molar-refractivity contribution in [2.45, 2.75) is 12.5 Å². The van der Waals surface area contributed by atoms with Crippen molar-refractivity contribution >= 4 is 47.3 Å². The Balaban J connectivity index is 0.00000729. The van der Waals surface area contributed by atoms with Crippen LogP contribution in [0.2, 0.25) is 0 Å². The number of nitrogens with two attached hydrogens (primary N) is 1. The Morgan fingerprint density at radius 3 is 2.20 bits per heavy atom. The summed E-state index contributed by atoms with van der Waals surface area (Å²) >= 11 is 10.9. The zero-order chi connectivity index (χ0) is 21.4. The molecular weight excluding hydrogens is 323 g/mol. The summed E-state index contributed by atoms with van der Waals surface area (Å²) in [4.78, 5) is 11.0. The number of nitrogens with zero attached hydrogens (tertiary/aromatic N) is 1. The number of alkyl halides is 2. The molecule has 0 aliphatic carbocycles. The van der Waals surface area contributed by atoms with Crippen molar-refractivity contribution in [2.24, 2.45) is 5.73 Å². The van der Waals surface area contributed by atoms with Crippen molar-refractivity contribution in [3.63, 3.8) is 0 Å². The molecule has 0 saturated carbocycles. The van der Waals surface area contributed by atoms with E-state index in [9.17, 15) is 4.79 Å². The summed E-state index contributed by atoms with van der Waals surface area (Å²) in [6.45, 7) is -6.42. The molecule has 0 aromatic heterocycles. The molecule has 0 spiro atoms. The Hall–Kier alpha value is -0.680. The molecule has 20 heavy (non-hydrogen) atoms. The van der Waals surface area contributed by atoms with Gasteiger partial charge in [-0.05, 0) is 24.1 Å². The Bertz CT molecular complexity index is 654. The van der Waals surface area contributed by atoms with E-state index in [-0.39, 0.29) is 29.4 Å². The smallest absolute Gasteiger partial charge is 0.320 e. The average Bonchev–Trinajstić information content (AvgIpc) is 2.46. The van der Waals surface area contributed by atoms with Gasteiger partial charge < -0.3 is 15.7 Å². The van der Waals surface area contributed by atoms with Gasteiger partial charge >= 0.3 is 5.97 Å². The normalized spacial score (nSPS) is 20.4. The predicted molar refractivity (Wildman–Crippen MR) is 86.7 cm³/mol. The quantitative estimate of drug-likeness (QED) is 0.707. The number of carboxylic acid groups (broad SMARTS) is 1. The maximum atomic E-state index is 10.8. The summed E-state index contributed by atoms with van der Waals surface area (Å²) in [5.74, 6) is -7.43. The second kappa shape index (κ2) is 10.1. The standard InChI is InChI=1S/C13H18Cl2N2O2.ClH/c14-5-7-17(8-6-15)11-3-1-10(2-4-11)9-12(16)13(18)19;/h1-4,12H,5-9,16H2,(H,18,19);1H/t12-;/m0./s1/i5D2,6D2,7D2,8D2;. The van der Waals surface area contributed by atoms with Gasteiger partial charge in [0.15, 0.2) is 0 Å².